The van der Waals surface area contributed by atoms with Crippen LogP contribution in [-0.2, 0) is 9.84 Å². The van der Waals surface area contributed by atoms with E-state index < -0.39 is 9.84 Å². The van der Waals surface area contributed by atoms with Crippen molar-refractivity contribution in [3.8, 4) is 0 Å². The standard InChI is InChI=1S/C12H22N4O2S/c1-9-14-15-12(11(13)7-8-19(2,17)18)16(9)10-5-3-4-6-10/h10-11H,3-8,13H2,1-2H3. The molecule has 0 aromatic carbocycles. The van der Waals surface area contributed by atoms with Crippen molar-refractivity contribution in [2.75, 3.05) is 12.0 Å². The molecule has 6 nitrogen and oxygen atoms in total. The van der Waals surface area contributed by atoms with Crippen LogP contribution in [0.5, 0.6) is 0 Å². The van der Waals surface area contributed by atoms with Gasteiger partial charge in [-0.15, -0.1) is 10.2 Å². The average molecular weight is 286 g/mol. The molecule has 1 fully saturated rings. The molecule has 2 rings (SSSR count). The Morgan fingerprint density at radius 3 is 2.58 bits per heavy atom. The van der Waals surface area contributed by atoms with E-state index in [0.29, 0.717) is 12.5 Å². The van der Waals surface area contributed by atoms with Gasteiger partial charge in [0, 0.05) is 12.3 Å². The minimum absolute atomic E-state index is 0.0880. The minimum atomic E-state index is -2.99. The summed E-state index contributed by atoms with van der Waals surface area (Å²) in [6.07, 6.45) is 6.33. The second kappa shape index (κ2) is 5.58. The topological polar surface area (TPSA) is 90.9 Å². The van der Waals surface area contributed by atoms with Crippen molar-refractivity contribution >= 4 is 9.84 Å². The number of nitrogens with two attached hydrogens (primary N) is 1. The van der Waals surface area contributed by atoms with Crippen LogP contribution in [0.3, 0.4) is 0 Å². The smallest absolute Gasteiger partial charge is 0.150 e. The molecule has 0 amide bonds. The molecular formula is C12H22N4O2S. The zero-order valence-electron chi connectivity index (χ0n) is 11.5. The molecule has 1 aromatic rings. The molecule has 19 heavy (non-hydrogen) atoms. The molecule has 1 aliphatic rings. The van der Waals surface area contributed by atoms with Crippen molar-refractivity contribution in [2.24, 2.45) is 5.73 Å². The second-order valence-corrected chi connectivity index (χ2v) is 7.70. The summed E-state index contributed by atoms with van der Waals surface area (Å²) in [6, 6.07) is 0.0609. The summed E-state index contributed by atoms with van der Waals surface area (Å²) in [5, 5.41) is 8.26. The molecule has 1 atom stereocenters. The number of rotatable bonds is 5. The van der Waals surface area contributed by atoms with E-state index in [9.17, 15) is 8.42 Å². The number of nitrogens with zero attached hydrogens (tertiary/aromatic N) is 3. The molecule has 0 spiro atoms. The summed E-state index contributed by atoms with van der Waals surface area (Å²) in [7, 11) is -2.99. The summed E-state index contributed by atoms with van der Waals surface area (Å²) in [6.45, 7) is 1.93. The van der Waals surface area contributed by atoms with Gasteiger partial charge < -0.3 is 10.3 Å². The highest BCUT2D eigenvalue weighted by molar-refractivity contribution is 7.90. The van der Waals surface area contributed by atoms with Crippen molar-refractivity contribution in [3.63, 3.8) is 0 Å². The molecule has 0 radical (unpaired) electrons. The van der Waals surface area contributed by atoms with Gasteiger partial charge in [-0.1, -0.05) is 12.8 Å². The maximum absolute atomic E-state index is 11.2. The van der Waals surface area contributed by atoms with Gasteiger partial charge in [0.1, 0.15) is 21.5 Å². The van der Waals surface area contributed by atoms with E-state index in [2.05, 4.69) is 14.8 Å². The highest BCUT2D eigenvalue weighted by Crippen LogP contribution is 2.32. The first kappa shape index (κ1) is 14.5. The summed E-state index contributed by atoms with van der Waals surface area (Å²) in [4.78, 5) is 0. The Labute approximate surface area is 114 Å². The van der Waals surface area contributed by atoms with Crippen molar-refractivity contribution < 1.29 is 8.42 Å². The van der Waals surface area contributed by atoms with E-state index in [1.807, 2.05) is 6.92 Å². The fourth-order valence-electron chi connectivity index (χ4n) is 2.72. The predicted molar refractivity (Wildman–Crippen MR) is 73.5 cm³/mol. The Hall–Kier alpha value is -0.950. The monoisotopic (exact) mass is 286 g/mol. The zero-order chi connectivity index (χ0) is 14.0. The fourth-order valence-corrected chi connectivity index (χ4v) is 3.40. The van der Waals surface area contributed by atoms with Crippen LogP contribution in [0.15, 0.2) is 0 Å². The molecule has 1 saturated carbocycles. The first-order chi connectivity index (χ1) is 8.88. The summed E-state index contributed by atoms with van der Waals surface area (Å²) >= 11 is 0. The molecule has 0 aliphatic heterocycles. The lowest BCUT2D eigenvalue weighted by atomic mass is 10.2. The maximum Gasteiger partial charge on any atom is 0.150 e. The van der Waals surface area contributed by atoms with Gasteiger partial charge >= 0.3 is 0 Å². The molecule has 0 bridgehead atoms. The van der Waals surface area contributed by atoms with E-state index in [1.54, 1.807) is 0 Å². The van der Waals surface area contributed by atoms with Crippen LogP contribution in [0.4, 0.5) is 0 Å². The predicted octanol–water partition coefficient (Wildman–Crippen LogP) is 1.14. The molecule has 2 N–H and O–H groups in total. The number of hydrogen-bond donors (Lipinski definition) is 1. The molecule has 7 heteroatoms. The van der Waals surface area contributed by atoms with Gasteiger partial charge in [-0.05, 0) is 26.2 Å². The molecule has 0 saturated heterocycles. The highest BCUT2D eigenvalue weighted by atomic mass is 32.2. The first-order valence-electron chi connectivity index (χ1n) is 6.73. The number of aromatic nitrogens is 3. The number of aryl methyl sites for hydroxylation is 1. The lowest BCUT2D eigenvalue weighted by Gasteiger charge is -2.19. The van der Waals surface area contributed by atoms with Gasteiger partial charge in [0.15, 0.2) is 0 Å². The van der Waals surface area contributed by atoms with Gasteiger partial charge in [-0.25, -0.2) is 8.42 Å². The van der Waals surface area contributed by atoms with E-state index in [0.717, 1.165) is 24.5 Å². The summed E-state index contributed by atoms with van der Waals surface area (Å²) in [5.74, 6) is 1.69. The molecule has 108 valence electrons. The minimum Gasteiger partial charge on any atom is -0.321 e. The zero-order valence-corrected chi connectivity index (χ0v) is 12.4. The third-order valence-electron chi connectivity index (χ3n) is 3.71. The van der Waals surface area contributed by atoms with Gasteiger partial charge in [-0.3, -0.25) is 0 Å². The highest BCUT2D eigenvalue weighted by Gasteiger charge is 2.25. The lowest BCUT2D eigenvalue weighted by Crippen LogP contribution is -2.22. The number of hydrogen-bond acceptors (Lipinski definition) is 5. The van der Waals surface area contributed by atoms with Crippen LogP contribution < -0.4 is 5.73 Å². The summed E-state index contributed by atoms with van der Waals surface area (Å²) in [5.41, 5.74) is 6.10. The van der Waals surface area contributed by atoms with Crippen molar-refractivity contribution in [2.45, 2.75) is 51.1 Å². The Balaban J connectivity index is 2.15. The Bertz CT molecular complexity index is 532. The quantitative estimate of drug-likeness (QED) is 0.876. The fraction of sp³-hybridized carbons (Fsp3) is 0.833. The second-order valence-electron chi connectivity index (χ2n) is 5.44. The van der Waals surface area contributed by atoms with Crippen LogP contribution in [-0.4, -0.2) is 35.2 Å². The Morgan fingerprint density at radius 2 is 2.00 bits per heavy atom. The Morgan fingerprint density at radius 1 is 1.37 bits per heavy atom. The van der Waals surface area contributed by atoms with E-state index in [4.69, 9.17) is 5.73 Å². The Kier molecular flexibility index (Phi) is 4.25. The lowest BCUT2D eigenvalue weighted by molar-refractivity contribution is 0.463. The van der Waals surface area contributed by atoms with Crippen LogP contribution in [0.1, 0.15) is 55.8 Å². The van der Waals surface area contributed by atoms with Gasteiger partial charge in [0.2, 0.25) is 0 Å². The SMILES string of the molecule is Cc1nnc(C(N)CCS(C)(=O)=O)n1C1CCCC1. The third-order valence-corrected chi connectivity index (χ3v) is 4.69. The van der Waals surface area contributed by atoms with Crippen molar-refractivity contribution in [3.05, 3.63) is 11.6 Å². The normalized spacial score (nSPS) is 18.9. The van der Waals surface area contributed by atoms with Gasteiger partial charge in [0.25, 0.3) is 0 Å². The maximum atomic E-state index is 11.2. The molecule has 1 aromatic heterocycles. The van der Waals surface area contributed by atoms with Gasteiger partial charge in [-0.2, -0.15) is 0 Å². The van der Waals surface area contributed by atoms with Crippen LogP contribution in [0, 0.1) is 6.92 Å². The van der Waals surface area contributed by atoms with Crippen LogP contribution >= 0.6 is 0 Å². The molecule has 1 unspecified atom stereocenters. The van der Waals surface area contributed by atoms with Crippen molar-refractivity contribution in [1.82, 2.24) is 14.8 Å². The van der Waals surface area contributed by atoms with Crippen LogP contribution in [0.2, 0.25) is 0 Å². The first-order valence-corrected chi connectivity index (χ1v) is 8.79. The largest absolute Gasteiger partial charge is 0.321 e. The molecular weight excluding hydrogens is 264 g/mol. The number of sulfone groups is 1. The average Bonchev–Trinajstić information content (AvgIpc) is 2.93. The van der Waals surface area contributed by atoms with E-state index in [1.165, 1.54) is 19.1 Å². The van der Waals surface area contributed by atoms with Crippen LogP contribution in [0.25, 0.3) is 0 Å². The van der Waals surface area contributed by atoms with Gasteiger partial charge in [0.05, 0.1) is 11.8 Å². The van der Waals surface area contributed by atoms with E-state index in [-0.39, 0.29) is 11.8 Å². The third kappa shape index (κ3) is 3.54. The molecule has 1 heterocycles. The van der Waals surface area contributed by atoms with Crippen molar-refractivity contribution in [1.29, 1.82) is 0 Å². The summed E-state index contributed by atoms with van der Waals surface area (Å²) < 4.78 is 24.5. The van der Waals surface area contributed by atoms with E-state index >= 15 is 0 Å². The molecule has 1 aliphatic carbocycles.